The fraction of sp³-hybridized carbons (Fsp3) is 0.357. The number of aromatic nitrogens is 2. The van der Waals surface area contributed by atoms with E-state index in [0.717, 1.165) is 5.82 Å². The molecule has 0 atom stereocenters. The number of alkyl halides is 4. The van der Waals surface area contributed by atoms with E-state index in [-0.39, 0.29) is 10.9 Å². The van der Waals surface area contributed by atoms with Gasteiger partial charge in [0.25, 0.3) is 0 Å². The number of hydrogen-bond acceptors (Lipinski definition) is 2. The number of hydrogen-bond donors (Lipinski definition) is 0. The molecule has 0 saturated heterocycles. The third-order valence-electron chi connectivity index (χ3n) is 3.28. The van der Waals surface area contributed by atoms with Crippen LogP contribution in [-0.2, 0) is 25.1 Å². The van der Waals surface area contributed by atoms with E-state index >= 15 is 0 Å². The second-order valence-electron chi connectivity index (χ2n) is 4.78. The van der Waals surface area contributed by atoms with Gasteiger partial charge in [-0.1, -0.05) is 22.0 Å². The predicted molar refractivity (Wildman–Crippen MR) is 79.4 cm³/mol. The van der Waals surface area contributed by atoms with Gasteiger partial charge in [-0.05, 0) is 17.7 Å². The third kappa shape index (κ3) is 3.58. The van der Waals surface area contributed by atoms with E-state index in [4.69, 9.17) is 0 Å². The minimum absolute atomic E-state index is 0.172. The quantitative estimate of drug-likeness (QED) is 0.768. The molecule has 0 aliphatic rings. The van der Waals surface area contributed by atoms with E-state index in [9.17, 15) is 13.2 Å². The zero-order chi connectivity index (χ0) is 15.6. The fourth-order valence-corrected chi connectivity index (χ4v) is 2.52. The molecular weight excluding hydrogens is 347 g/mol. The van der Waals surface area contributed by atoms with Gasteiger partial charge in [0, 0.05) is 37.5 Å². The summed E-state index contributed by atoms with van der Waals surface area (Å²) in [6.45, 7) is 0.439. The van der Waals surface area contributed by atoms with Crippen molar-refractivity contribution in [3.63, 3.8) is 0 Å². The average molecular weight is 362 g/mol. The lowest BCUT2D eigenvalue weighted by molar-refractivity contribution is -0.138. The van der Waals surface area contributed by atoms with Crippen LogP contribution in [0.1, 0.15) is 17.0 Å². The Balaban J connectivity index is 2.30. The monoisotopic (exact) mass is 361 g/mol. The molecule has 114 valence electrons. The van der Waals surface area contributed by atoms with Crippen molar-refractivity contribution in [1.29, 1.82) is 0 Å². The average Bonchev–Trinajstić information content (AvgIpc) is 2.82. The summed E-state index contributed by atoms with van der Waals surface area (Å²) in [5, 5.41) is 0.172. The second-order valence-corrected chi connectivity index (χ2v) is 5.34. The number of imidazole rings is 1. The Labute approximate surface area is 129 Å². The van der Waals surface area contributed by atoms with Gasteiger partial charge in [0.2, 0.25) is 0 Å². The maximum Gasteiger partial charge on any atom is 0.416 e. The molecule has 2 aromatic rings. The number of anilines is 1. The lowest BCUT2D eigenvalue weighted by Gasteiger charge is -2.21. The van der Waals surface area contributed by atoms with Gasteiger partial charge in [0.05, 0.1) is 12.1 Å². The van der Waals surface area contributed by atoms with Gasteiger partial charge in [0.15, 0.2) is 0 Å². The minimum Gasteiger partial charge on any atom is -0.367 e. The molecule has 1 heterocycles. The number of benzene rings is 1. The summed E-state index contributed by atoms with van der Waals surface area (Å²) in [6.07, 6.45) is -0.889. The Morgan fingerprint density at radius 2 is 2.05 bits per heavy atom. The van der Waals surface area contributed by atoms with Crippen molar-refractivity contribution in [2.75, 3.05) is 11.9 Å². The van der Waals surface area contributed by atoms with Crippen LogP contribution in [0.15, 0.2) is 30.6 Å². The van der Waals surface area contributed by atoms with E-state index in [1.165, 1.54) is 12.1 Å². The third-order valence-corrected chi connectivity index (χ3v) is 3.89. The second kappa shape index (κ2) is 6.09. The lowest BCUT2D eigenvalue weighted by Crippen LogP contribution is -2.20. The van der Waals surface area contributed by atoms with Crippen LogP contribution in [0.25, 0.3) is 0 Å². The first kappa shape index (κ1) is 15.9. The molecule has 0 unspecified atom stereocenters. The highest BCUT2D eigenvalue weighted by Crippen LogP contribution is 2.35. The highest BCUT2D eigenvalue weighted by Gasteiger charge is 2.33. The summed E-state index contributed by atoms with van der Waals surface area (Å²) < 4.78 is 41.0. The Bertz CT molecular complexity index is 622. The summed E-state index contributed by atoms with van der Waals surface area (Å²) in [5.41, 5.74) is 0.134. The van der Waals surface area contributed by atoms with Gasteiger partial charge >= 0.3 is 6.18 Å². The molecule has 0 radical (unpaired) electrons. The van der Waals surface area contributed by atoms with E-state index in [1.54, 1.807) is 30.4 Å². The van der Waals surface area contributed by atoms with Crippen LogP contribution >= 0.6 is 15.9 Å². The molecule has 1 aromatic carbocycles. The van der Waals surface area contributed by atoms with Crippen LogP contribution < -0.4 is 4.90 Å². The van der Waals surface area contributed by atoms with Crippen molar-refractivity contribution in [2.24, 2.45) is 7.05 Å². The predicted octanol–water partition coefficient (Wildman–Crippen LogP) is 3.97. The van der Waals surface area contributed by atoms with Gasteiger partial charge in [-0.3, -0.25) is 0 Å². The standard InChI is InChI=1S/C14H15BrF3N3/c1-20-6-5-19-13(20)9-21(2)11-4-3-10(8-15)12(7-11)14(16,17)18/h3-7H,8-9H2,1-2H3. The molecule has 0 fully saturated rings. The fourth-order valence-electron chi connectivity index (χ4n) is 2.03. The van der Waals surface area contributed by atoms with Crippen molar-refractivity contribution >= 4 is 21.6 Å². The molecule has 0 bridgehead atoms. The normalized spacial score (nSPS) is 11.7. The topological polar surface area (TPSA) is 21.1 Å². The number of aryl methyl sites for hydroxylation is 1. The molecule has 0 spiro atoms. The SMILES string of the molecule is CN(Cc1nccn1C)c1ccc(CBr)c(C(F)(F)F)c1. The minimum atomic E-state index is -4.36. The molecule has 0 N–H and O–H groups in total. The molecule has 1 aromatic heterocycles. The highest BCUT2D eigenvalue weighted by molar-refractivity contribution is 9.08. The van der Waals surface area contributed by atoms with Crippen LogP contribution in [0.4, 0.5) is 18.9 Å². The van der Waals surface area contributed by atoms with E-state index in [0.29, 0.717) is 12.2 Å². The number of halogens is 4. The Hall–Kier alpha value is -1.50. The lowest BCUT2D eigenvalue weighted by atomic mass is 10.1. The van der Waals surface area contributed by atoms with Gasteiger partial charge in [-0.15, -0.1) is 0 Å². The largest absolute Gasteiger partial charge is 0.416 e. The maximum atomic E-state index is 13.1. The van der Waals surface area contributed by atoms with Gasteiger partial charge in [-0.25, -0.2) is 4.98 Å². The van der Waals surface area contributed by atoms with Crippen LogP contribution in [0.3, 0.4) is 0 Å². The zero-order valence-corrected chi connectivity index (χ0v) is 13.2. The number of nitrogens with zero attached hydrogens (tertiary/aromatic N) is 3. The van der Waals surface area contributed by atoms with Crippen LogP contribution in [0, 0.1) is 0 Å². The molecule has 0 saturated carbocycles. The molecule has 3 nitrogen and oxygen atoms in total. The summed E-state index contributed by atoms with van der Waals surface area (Å²) in [5.74, 6) is 0.788. The van der Waals surface area contributed by atoms with E-state index in [1.807, 2.05) is 11.6 Å². The van der Waals surface area contributed by atoms with Crippen molar-refractivity contribution in [3.8, 4) is 0 Å². The van der Waals surface area contributed by atoms with E-state index < -0.39 is 11.7 Å². The van der Waals surface area contributed by atoms with Crippen molar-refractivity contribution < 1.29 is 13.2 Å². The van der Waals surface area contributed by atoms with Crippen molar-refractivity contribution in [3.05, 3.63) is 47.5 Å². The van der Waals surface area contributed by atoms with Gasteiger partial charge in [0.1, 0.15) is 5.82 Å². The van der Waals surface area contributed by atoms with Crippen molar-refractivity contribution in [2.45, 2.75) is 18.1 Å². The number of rotatable bonds is 4. The summed E-state index contributed by atoms with van der Waals surface area (Å²) >= 11 is 3.09. The maximum absolute atomic E-state index is 13.1. The van der Waals surface area contributed by atoms with Gasteiger partial charge in [-0.2, -0.15) is 13.2 Å². The Morgan fingerprint density at radius 3 is 2.57 bits per heavy atom. The molecular formula is C14H15BrF3N3. The Kier molecular flexibility index (Phi) is 4.61. The van der Waals surface area contributed by atoms with Gasteiger partial charge < -0.3 is 9.47 Å². The molecule has 0 aliphatic heterocycles. The first-order chi connectivity index (χ1) is 9.82. The smallest absolute Gasteiger partial charge is 0.367 e. The summed E-state index contributed by atoms with van der Waals surface area (Å²) in [7, 11) is 3.60. The summed E-state index contributed by atoms with van der Waals surface area (Å²) in [4.78, 5) is 5.92. The molecule has 0 aliphatic carbocycles. The zero-order valence-electron chi connectivity index (χ0n) is 11.7. The van der Waals surface area contributed by atoms with Crippen LogP contribution in [0.5, 0.6) is 0 Å². The van der Waals surface area contributed by atoms with E-state index in [2.05, 4.69) is 20.9 Å². The summed E-state index contributed by atoms with van der Waals surface area (Å²) in [6, 6.07) is 4.37. The first-order valence-electron chi connectivity index (χ1n) is 6.26. The van der Waals surface area contributed by atoms with Crippen molar-refractivity contribution in [1.82, 2.24) is 9.55 Å². The van der Waals surface area contributed by atoms with Crippen LogP contribution in [0.2, 0.25) is 0 Å². The van der Waals surface area contributed by atoms with Crippen LogP contribution in [-0.4, -0.2) is 16.6 Å². The molecule has 0 amide bonds. The highest BCUT2D eigenvalue weighted by atomic mass is 79.9. The molecule has 21 heavy (non-hydrogen) atoms. The molecule has 2 rings (SSSR count). The first-order valence-corrected chi connectivity index (χ1v) is 7.38. The molecule has 7 heteroatoms. The Morgan fingerprint density at radius 1 is 1.33 bits per heavy atom.